The van der Waals surface area contributed by atoms with Gasteiger partial charge in [-0.05, 0) is 47.3 Å². The van der Waals surface area contributed by atoms with E-state index in [4.69, 9.17) is 18.0 Å². The summed E-state index contributed by atoms with van der Waals surface area (Å²) in [5.74, 6) is 0. The maximum atomic E-state index is 5.60. The first kappa shape index (κ1) is 13.9. The molecule has 1 aliphatic carbocycles. The van der Waals surface area contributed by atoms with E-state index in [1.54, 1.807) is 0 Å². The molecule has 94 valence electrons. The van der Waals surface area contributed by atoms with Crippen LogP contribution in [0.3, 0.4) is 0 Å². The molecule has 0 aromatic heterocycles. The monoisotopic (exact) mass is 243 g/mol. The Morgan fingerprint density at radius 1 is 1.38 bits per heavy atom. The molecule has 1 saturated carbocycles. The second-order valence-corrected chi connectivity index (χ2v) is 5.93. The van der Waals surface area contributed by atoms with E-state index in [0.717, 1.165) is 13.0 Å². The van der Waals surface area contributed by atoms with E-state index in [9.17, 15) is 0 Å². The van der Waals surface area contributed by atoms with Gasteiger partial charge in [-0.15, -0.1) is 0 Å². The van der Waals surface area contributed by atoms with E-state index >= 15 is 0 Å². The maximum absolute atomic E-state index is 5.60. The zero-order valence-corrected chi connectivity index (χ0v) is 11.8. The molecule has 0 aromatic carbocycles. The van der Waals surface area contributed by atoms with Crippen molar-refractivity contribution >= 4 is 17.2 Å². The van der Waals surface area contributed by atoms with Crippen LogP contribution >= 0.6 is 12.2 Å². The second-order valence-electron chi connectivity index (χ2n) is 5.41. The molecule has 0 spiro atoms. The molecule has 0 saturated heterocycles. The highest BCUT2D eigenvalue weighted by atomic mass is 32.1. The Hall–Kier alpha value is -0.190. The van der Waals surface area contributed by atoms with Crippen LogP contribution in [0.4, 0.5) is 0 Å². The number of hydrogen-bond donors (Lipinski definition) is 1. The lowest BCUT2D eigenvalue weighted by Crippen LogP contribution is -2.57. The predicted molar refractivity (Wildman–Crippen MR) is 73.8 cm³/mol. The van der Waals surface area contributed by atoms with Crippen molar-refractivity contribution < 1.29 is 0 Å². The van der Waals surface area contributed by atoms with Crippen molar-refractivity contribution in [3.05, 3.63) is 0 Å². The van der Waals surface area contributed by atoms with Crippen LogP contribution in [0.15, 0.2) is 0 Å². The summed E-state index contributed by atoms with van der Waals surface area (Å²) < 4.78 is 0. The lowest BCUT2D eigenvalue weighted by atomic mass is 9.75. The predicted octanol–water partition coefficient (Wildman–Crippen LogP) is 1.47. The molecular weight excluding hydrogens is 218 g/mol. The average Bonchev–Trinajstić information content (AvgIpc) is 2.08. The van der Waals surface area contributed by atoms with Crippen molar-refractivity contribution in [2.75, 3.05) is 27.7 Å². The number of nitrogens with zero attached hydrogens (tertiary/aromatic N) is 2. The lowest BCUT2D eigenvalue weighted by molar-refractivity contribution is 0.0190. The molecule has 0 amide bonds. The van der Waals surface area contributed by atoms with E-state index in [-0.39, 0.29) is 0 Å². The van der Waals surface area contributed by atoms with Crippen molar-refractivity contribution in [1.82, 2.24) is 9.80 Å². The molecule has 0 radical (unpaired) electrons. The molecule has 1 fully saturated rings. The van der Waals surface area contributed by atoms with Gasteiger partial charge in [0.15, 0.2) is 0 Å². The summed E-state index contributed by atoms with van der Waals surface area (Å²) in [6, 6.07) is 0.440. The Morgan fingerprint density at radius 2 is 1.94 bits per heavy atom. The number of thiocarbonyl (C=S) groups is 1. The van der Waals surface area contributed by atoms with Crippen LogP contribution in [0.5, 0.6) is 0 Å². The van der Waals surface area contributed by atoms with Gasteiger partial charge in [-0.3, -0.25) is 0 Å². The van der Waals surface area contributed by atoms with Gasteiger partial charge in [-0.25, -0.2) is 0 Å². The molecule has 1 atom stereocenters. The quantitative estimate of drug-likeness (QED) is 0.716. The maximum Gasteiger partial charge on any atom is 0.0742 e. The summed E-state index contributed by atoms with van der Waals surface area (Å²) >= 11 is 4.97. The van der Waals surface area contributed by atoms with Gasteiger partial charge in [-0.1, -0.05) is 12.2 Å². The minimum Gasteiger partial charge on any atom is -0.393 e. The Kier molecular flexibility index (Phi) is 4.71. The van der Waals surface area contributed by atoms with Crippen LogP contribution in [0, 0.1) is 0 Å². The van der Waals surface area contributed by atoms with Crippen molar-refractivity contribution in [3.63, 3.8) is 0 Å². The Balaban J connectivity index is 2.49. The number of likely N-dealkylation sites (N-methyl/N-ethyl adjacent to an activating group) is 2. The van der Waals surface area contributed by atoms with Crippen LogP contribution in [-0.2, 0) is 0 Å². The summed E-state index contributed by atoms with van der Waals surface area (Å²) in [5.41, 5.74) is 5.98. The molecule has 1 unspecified atom stereocenters. The summed E-state index contributed by atoms with van der Waals surface area (Å²) in [4.78, 5) is 5.38. The molecule has 0 bridgehead atoms. The van der Waals surface area contributed by atoms with Crippen LogP contribution in [-0.4, -0.2) is 54.1 Å². The van der Waals surface area contributed by atoms with Crippen molar-refractivity contribution in [2.45, 2.75) is 44.2 Å². The fraction of sp³-hybridized carbons (Fsp3) is 0.917. The first-order valence-corrected chi connectivity index (χ1v) is 6.44. The third-order valence-electron chi connectivity index (χ3n) is 4.03. The van der Waals surface area contributed by atoms with Gasteiger partial charge in [0.25, 0.3) is 0 Å². The number of rotatable bonds is 6. The zero-order valence-electron chi connectivity index (χ0n) is 11.0. The average molecular weight is 243 g/mol. The second kappa shape index (κ2) is 5.43. The van der Waals surface area contributed by atoms with Crippen LogP contribution in [0.2, 0.25) is 0 Å². The summed E-state index contributed by atoms with van der Waals surface area (Å²) in [7, 11) is 6.54. The Morgan fingerprint density at radius 3 is 2.25 bits per heavy atom. The molecule has 1 aliphatic rings. The first-order valence-electron chi connectivity index (χ1n) is 6.03. The molecule has 0 heterocycles. The fourth-order valence-corrected chi connectivity index (χ4v) is 2.64. The largest absolute Gasteiger partial charge is 0.393 e. The van der Waals surface area contributed by atoms with Gasteiger partial charge < -0.3 is 15.5 Å². The van der Waals surface area contributed by atoms with Gasteiger partial charge in [-0.2, -0.15) is 0 Å². The van der Waals surface area contributed by atoms with Crippen molar-refractivity contribution in [1.29, 1.82) is 0 Å². The summed E-state index contributed by atoms with van der Waals surface area (Å²) in [6.45, 7) is 3.31. The van der Waals surface area contributed by atoms with Crippen LogP contribution < -0.4 is 5.73 Å². The minimum absolute atomic E-state index is 0.388. The van der Waals surface area contributed by atoms with Crippen molar-refractivity contribution in [2.24, 2.45) is 5.73 Å². The molecule has 1 rings (SSSR count). The topological polar surface area (TPSA) is 32.5 Å². The molecule has 0 aromatic rings. The highest BCUT2D eigenvalue weighted by Crippen LogP contribution is 2.36. The van der Waals surface area contributed by atoms with Gasteiger partial charge in [0.05, 0.1) is 4.99 Å². The highest BCUT2D eigenvalue weighted by Gasteiger charge is 2.40. The Labute approximate surface area is 105 Å². The van der Waals surface area contributed by atoms with E-state index < -0.39 is 0 Å². The summed E-state index contributed by atoms with van der Waals surface area (Å²) in [6.07, 6.45) is 4.79. The summed E-state index contributed by atoms with van der Waals surface area (Å²) in [5, 5.41) is 0. The highest BCUT2D eigenvalue weighted by molar-refractivity contribution is 7.80. The first-order chi connectivity index (χ1) is 7.37. The molecule has 16 heavy (non-hydrogen) atoms. The number of nitrogens with two attached hydrogens (primary N) is 1. The normalized spacial score (nSPS) is 20.9. The van der Waals surface area contributed by atoms with Crippen LogP contribution in [0.25, 0.3) is 0 Å². The third-order valence-corrected chi connectivity index (χ3v) is 4.19. The van der Waals surface area contributed by atoms with Gasteiger partial charge in [0.1, 0.15) is 0 Å². The lowest BCUT2D eigenvalue weighted by Gasteiger charge is -2.50. The van der Waals surface area contributed by atoms with E-state index in [2.05, 4.69) is 37.9 Å². The van der Waals surface area contributed by atoms with Crippen molar-refractivity contribution in [3.8, 4) is 0 Å². The SMILES string of the molecule is CC(CC(N)=S)N(C)CC1(N(C)C)CCC1. The molecule has 0 aliphatic heterocycles. The van der Waals surface area contributed by atoms with Gasteiger partial charge in [0.2, 0.25) is 0 Å². The van der Waals surface area contributed by atoms with E-state index in [0.29, 0.717) is 16.6 Å². The molecule has 3 nitrogen and oxygen atoms in total. The van der Waals surface area contributed by atoms with E-state index in [1.807, 2.05) is 0 Å². The van der Waals surface area contributed by atoms with E-state index in [1.165, 1.54) is 19.3 Å². The standard InChI is InChI=1S/C12H25N3S/c1-10(8-11(13)16)15(4)9-12(14(2)3)6-5-7-12/h10H,5-9H2,1-4H3,(H2,13,16). The van der Waals surface area contributed by atoms with Crippen LogP contribution in [0.1, 0.15) is 32.6 Å². The third kappa shape index (κ3) is 3.15. The zero-order chi connectivity index (χ0) is 12.3. The minimum atomic E-state index is 0.388. The Bertz CT molecular complexity index is 249. The fourth-order valence-electron chi connectivity index (χ4n) is 2.40. The number of hydrogen-bond acceptors (Lipinski definition) is 3. The van der Waals surface area contributed by atoms with Gasteiger partial charge in [0, 0.05) is 24.5 Å². The molecule has 4 heteroatoms. The molecular formula is C12H25N3S. The molecule has 2 N–H and O–H groups in total. The van der Waals surface area contributed by atoms with Gasteiger partial charge >= 0.3 is 0 Å². The smallest absolute Gasteiger partial charge is 0.0742 e.